The van der Waals surface area contributed by atoms with Crippen LogP contribution in [0.2, 0.25) is 0 Å². The van der Waals surface area contributed by atoms with E-state index in [9.17, 15) is 19.2 Å². The van der Waals surface area contributed by atoms with Gasteiger partial charge in [-0.2, -0.15) is 0 Å². The van der Waals surface area contributed by atoms with Crippen molar-refractivity contribution in [2.75, 3.05) is 19.0 Å². The summed E-state index contributed by atoms with van der Waals surface area (Å²) in [5.41, 5.74) is 1.95. The number of esters is 1. The number of anilines is 1. The van der Waals surface area contributed by atoms with E-state index in [2.05, 4.69) is 5.32 Å². The van der Waals surface area contributed by atoms with Crippen LogP contribution in [0.4, 0.5) is 5.69 Å². The number of aryl methyl sites for hydroxylation is 1. The van der Waals surface area contributed by atoms with Crippen molar-refractivity contribution < 1.29 is 23.9 Å². The number of imide groups is 1. The number of benzene rings is 2. The van der Waals surface area contributed by atoms with Crippen molar-refractivity contribution in [1.29, 1.82) is 0 Å². The molecule has 0 fully saturated rings. The number of hydrogen-bond acceptors (Lipinski definition) is 5. The molecular weight excluding hydrogens is 348 g/mol. The largest absolute Gasteiger partial charge is 0.465 e. The van der Waals surface area contributed by atoms with Crippen LogP contribution >= 0.6 is 0 Å². The molecule has 7 nitrogen and oxygen atoms in total. The maximum Gasteiger partial charge on any atom is 0.340 e. The lowest BCUT2D eigenvalue weighted by Gasteiger charge is -2.15. The molecule has 1 N–H and O–H groups in total. The quantitative estimate of drug-likeness (QED) is 0.648. The highest BCUT2D eigenvalue weighted by Crippen LogP contribution is 2.23. The maximum atomic E-state index is 12.3. The maximum absolute atomic E-state index is 12.3. The summed E-state index contributed by atoms with van der Waals surface area (Å²) in [6.45, 7) is 1.69. The van der Waals surface area contributed by atoms with Gasteiger partial charge in [-0.1, -0.05) is 24.3 Å². The summed E-state index contributed by atoms with van der Waals surface area (Å²) >= 11 is 0. The zero-order valence-corrected chi connectivity index (χ0v) is 14.9. The average molecular weight is 366 g/mol. The van der Waals surface area contributed by atoms with E-state index >= 15 is 0 Å². The van der Waals surface area contributed by atoms with Crippen LogP contribution in [0.15, 0.2) is 42.5 Å². The molecule has 138 valence electrons. The Labute approximate surface area is 155 Å². The second-order valence-corrected chi connectivity index (χ2v) is 6.09. The Balaban J connectivity index is 1.69. The van der Waals surface area contributed by atoms with E-state index in [-0.39, 0.29) is 18.5 Å². The molecule has 0 aliphatic carbocycles. The second-order valence-electron chi connectivity index (χ2n) is 6.09. The molecule has 2 aromatic rings. The third-order valence-corrected chi connectivity index (χ3v) is 4.38. The minimum atomic E-state index is -0.552. The third kappa shape index (κ3) is 3.44. The van der Waals surface area contributed by atoms with Crippen molar-refractivity contribution >= 4 is 29.4 Å². The predicted molar refractivity (Wildman–Crippen MR) is 97.6 cm³/mol. The normalized spacial score (nSPS) is 12.7. The highest BCUT2D eigenvalue weighted by molar-refractivity contribution is 6.21. The second kappa shape index (κ2) is 7.41. The molecule has 2 aromatic carbocycles. The standard InChI is InChI=1S/C20H18N2O5/c1-12-6-5-9-15(17(12)20(26)27-2)21-16(23)10-11-22-18(24)13-7-3-4-8-14(13)19(22)25/h3-9H,10-11H2,1-2H3,(H,21,23). The molecule has 0 spiro atoms. The van der Waals surface area contributed by atoms with Crippen molar-refractivity contribution in [3.63, 3.8) is 0 Å². The van der Waals surface area contributed by atoms with Crippen molar-refractivity contribution in [2.24, 2.45) is 0 Å². The molecule has 0 saturated carbocycles. The molecule has 0 unspecified atom stereocenters. The lowest BCUT2D eigenvalue weighted by atomic mass is 10.1. The zero-order valence-electron chi connectivity index (χ0n) is 14.9. The Morgan fingerprint density at radius 3 is 2.22 bits per heavy atom. The van der Waals surface area contributed by atoms with Gasteiger partial charge in [0.15, 0.2) is 0 Å². The van der Waals surface area contributed by atoms with Gasteiger partial charge in [-0.25, -0.2) is 4.79 Å². The molecule has 0 bridgehead atoms. The number of hydrogen-bond donors (Lipinski definition) is 1. The van der Waals surface area contributed by atoms with E-state index in [1.165, 1.54) is 7.11 Å². The Kier molecular flexibility index (Phi) is 5.03. The first kappa shape index (κ1) is 18.3. The number of nitrogens with one attached hydrogen (secondary N) is 1. The van der Waals surface area contributed by atoms with Gasteiger partial charge in [0.1, 0.15) is 0 Å². The fourth-order valence-electron chi connectivity index (χ4n) is 3.01. The molecule has 27 heavy (non-hydrogen) atoms. The van der Waals surface area contributed by atoms with Crippen LogP contribution in [0, 0.1) is 6.92 Å². The van der Waals surface area contributed by atoms with Gasteiger partial charge in [-0.3, -0.25) is 19.3 Å². The average Bonchev–Trinajstić information content (AvgIpc) is 2.90. The van der Waals surface area contributed by atoms with Crippen LogP contribution in [0.3, 0.4) is 0 Å². The van der Waals surface area contributed by atoms with E-state index in [1.807, 2.05) is 0 Å². The predicted octanol–water partition coefficient (Wildman–Crippen LogP) is 2.41. The molecule has 1 aliphatic rings. The first-order valence-electron chi connectivity index (χ1n) is 8.37. The summed E-state index contributed by atoms with van der Waals surface area (Å²) < 4.78 is 4.76. The number of amides is 3. The summed E-state index contributed by atoms with van der Waals surface area (Å²) in [6.07, 6.45) is -0.0833. The van der Waals surface area contributed by atoms with Crippen molar-refractivity contribution in [2.45, 2.75) is 13.3 Å². The number of carbonyl (C=O) groups excluding carboxylic acids is 4. The molecule has 0 aromatic heterocycles. The topological polar surface area (TPSA) is 92.8 Å². The van der Waals surface area contributed by atoms with Gasteiger partial charge in [0.2, 0.25) is 5.91 Å². The van der Waals surface area contributed by atoms with Crippen LogP contribution in [-0.4, -0.2) is 42.2 Å². The van der Waals surface area contributed by atoms with E-state index in [0.717, 1.165) is 4.90 Å². The van der Waals surface area contributed by atoms with Crippen molar-refractivity contribution in [1.82, 2.24) is 4.90 Å². The van der Waals surface area contributed by atoms with Crippen LogP contribution in [-0.2, 0) is 9.53 Å². The number of nitrogens with zero attached hydrogens (tertiary/aromatic N) is 1. The lowest BCUT2D eigenvalue weighted by Crippen LogP contribution is -2.33. The summed E-state index contributed by atoms with van der Waals surface area (Å²) in [4.78, 5) is 50.0. The van der Waals surface area contributed by atoms with Gasteiger partial charge in [0.25, 0.3) is 11.8 Å². The van der Waals surface area contributed by atoms with E-state index in [4.69, 9.17) is 4.74 Å². The molecule has 0 saturated heterocycles. The van der Waals surface area contributed by atoms with Gasteiger partial charge in [-0.15, -0.1) is 0 Å². The SMILES string of the molecule is COC(=O)c1c(C)cccc1NC(=O)CCN1C(=O)c2ccccc2C1=O. The monoisotopic (exact) mass is 366 g/mol. The van der Waals surface area contributed by atoms with Crippen molar-refractivity contribution in [3.8, 4) is 0 Å². The zero-order chi connectivity index (χ0) is 19.6. The number of rotatable bonds is 5. The molecule has 3 rings (SSSR count). The van der Waals surface area contributed by atoms with E-state index in [0.29, 0.717) is 22.4 Å². The molecule has 7 heteroatoms. The molecule has 3 amide bonds. The highest BCUT2D eigenvalue weighted by atomic mass is 16.5. The Hall–Kier alpha value is -3.48. The van der Waals surface area contributed by atoms with Crippen molar-refractivity contribution in [3.05, 3.63) is 64.7 Å². The van der Waals surface area contributed by atoms with Crippen LogP contribution in [0.5, 0.6) is 0 Å². The summed E-state index contributed by atoms with van der Waals surface area (Å²) in [5.74, 6) is -1.78. The minimum absolute atomic E-state index is 0.0441. The van der Waals surface area contributed by atoms with Gasteiger partial charge in [0.05, 0.1) is 29.5 Å². The third-order valence-electron chi connectivity index (χ3n) is 4.38. The Morgan fingerprint density at radius 1 is 1.00 bits per heavy atom. The number of carbonyl (C=O) groups is 4. The van der Waals surface area contributed by atoms with Crippen LogP contribution in [0.1, 0.15) is 43.1 Å². The number of fused-ring (bicyclic) bond motifs is 1. The first-order valence-corrected chi connectivity index (χ1v) is 8.37. The van der Waals surface area contributed by atoms with Gasteiger partial charge >= 0.3 is 5.97 Å². The fourth-order valence-corrected chi connectivity index (χ4v) is 3.01. The van der Waals surface area contributed by atoms with Crippen LogP contribution in [0.25, 0.3) is 0 Å². The van der Waals surface area contributed by atoms with E-state index in [1.54, 1.807) is 49.4 Å². The lowest BCUT2D eigenvalue weighted by molar-refractivity contribution is -0.116. The molecular formula is C20H18N2O5. The van der Waals surface area contributed by atoms with Gasteiger partial charge in [0, 0.05) is 13.0 Å². The summed E-state index contributed by atoms with van der Waals surface area (Å²) in [6, 6.07) is 11.6. The summed E-state index contributed by atoms with van der Waals surface area (Å²) in [5, 5.41) is 2.65. The number of ether oxygens (including phenoxy) is 1. The number of methoxy groups -OCH3 is 1. The fraction of sp³-hybridized carbons (Fsp3) is 0.200. The minimum Gasteiger partial charge on any atom is -0.465 e. The molecule has 0 radical (unpaired) electrons. The molecule has 1 heterocycles. The molecule has 1 aliphatic heterocycles. The molecule has 0 atom stereocenters. The van der Waals surface area contributed by atoms with E-state index < -0.39 is 23.7 Å². The summed E-state index contributed by atoms with van der Waals surface area (Å²) in [7, 11) is 1.27. The van der Waals surface area contributed by atoms with Crippen LogP contribution < -0.4 is 5.32 Å². The van der Waals surface area contributed by atoms with Gasteiger partial charge in [-0.05, 0) is 30.7 Å². The Bertz CT molecular complexity index is 916. The highest BCUT2D eigenvalue weighted by Gasteiger charge is 2.35. The first-order chi connectivity index (χ1) is 12.9. The van der Waals surface area contributed by atoms with Gasteiger partial charge < -0.3 is 10.1 Å². The smallest absolute Gasteiger partial charge is 0.340 e. The Morgan fingerprint density at radius 2 is 1.63 bits per heavy atom.